The van der Waals surface area contributed by atoms with E-state index in [1.54, 1.807) is 9.48 Å². The third-order valence-electron chi connectivity index (χ3n) is 7.18. The highest BCUT2D eigenvalue weighted by atomic mass is 19.1. The van der Waals surface area contributed by atoms with E-state index in [9.17, 15) is 23.2 Å². The van der Waals surface area contributed by atoms with Crippen LogP contribution in [-0.4, -0.2) is 34.4 Å². The van der Waals surface area contributed by atoms with E-state index < -0.39 is 29.2 Å². The summed E-state index contributed by atoms with van der Waals surface area (Å²) in [4.78, 5) is 42.5. The molecule has 0 radical (unpaired) electrons. The smallest absolute Gasteiger partial charge is 0.328 e. The van der Waals surface area contributed by atoms with Crippen LogP contribution in [0.15, 0.2) is 96.0 Å². The van der Waals surface area contributed by atoms with E-state index >= 15 is 0 Å². The molecule has 3 aliphatic heterocycles. The van der Waals surface area contributed by atoms with Crippen LogP contribution in [0.3, 0.4) is 0 Å². The van der Waals surface area contributed by atoms with Crippen LogP contribution in [0.4, 0.5) is 14.5 Å². The second-order valence-corrected chi connectivity index (χ2v) is 9.70. The minimum absolute atomic E-state index is 0.00808. The molecule has 0 aliphatic carbocycles. The number of benzene rings is 3. The van der Waals surface area contributed by atoms with Crippen molar-refractivity contribution in [3.05, 3.63) is 124 Å². The molecule has 3 aromatic rings. The van der Waals surface area contributed by atoms with Crippen molar-refractivity contribution >= 4 is 29.0 Å². The molecule has 0 atom stereocenters. The zero-order valence-electron chi connectivity index (χ0n) is 21.3. The number of rotatable bonds is 6. The van der Waals surface area contributed by atoms with E-state index in [0.717, 1.165) is 34.7 Å². The molecule has 1 N–H and O–H groups in total. The third kappa shape index (κ3) is 4.59. The number of allylic oxidation sites excluding steroid dienone is 1. The number of para-hydroxylation sites is 1. The van der Waals surface area contributed by atoms with Crippen LogP contribution in [0.5, 0.6) is 0 Å². The molecule has 40 heavy (non-hydrogen) atoms. The number of amides is 2. The highest BCUT2D eigenvalue weighted by Gasteiger charge is 2.48. The van der Waals surface area contributed by atoms with Crippen LogP contribution < -0.4 is 10.2 Å². The molecule has 2 bridgehead atoms. The predicted octanol–water partition coefficient (Wildman–Crippen LogP) is 3.92. The summed E-state index contributed by atoms with van der Waals surface area (Å²) in [5.41, 5.74) is 3.27. The number of fused-ring (bicyclic) bond motifs is 5. The number of nitrogens with zero attached hydrogens (tertiary/aromatic N) is 2. The van der Waals surface area contributed by atoms with Crippen molar-refractivity contribution in [3.8, 4) is 0 Å². The Morgan fingerprint density at radius 1 is 0.975 bits per heavy atom. The van der Waals surface area contributed by atoms with E-state index in [4.69, 9.17) is 4.74 Å². The lowest BCUT2D eigenvalue weighted by molar-refractivity contribution is -0.404. The number of Topliss-reactive ketones (excluding diaryl/α,β-unsaturated/α-hetero) is 1. The van der Waals surface area contributed by atoms with Crippen LogP contribution in [0.2, 0.25) is 0 Å². The molecular weight excluding hydrogens is 516 g/mol. The van der Waals surface area contributed by atoms with E-state index in [1.807, 2.05) is 54.6 Å². The maximum absolute atomic E-state index is 14.1. The van der Waals surface area contributed by atoms with Gasteiger partial charge in [-0.25, -0.2) is 8.78 Å². The predicted molar refractivity (Wildman–Crippen MR) is 142 cm³/mol. The zero-order valence-corrected chi connectivity index (χ0v) is 21.3. The molecule has 0 saturated heterocycles. The Hall–Kier alpha value is -4.92. The monoisotopic (exact) mass is 540 g/mol. The second-order valence-electron chi connectivity index (χ2n) is 9.70. The van der Waals surface area contributed by atoms with Crippen molar-refractivity contribution in [2.45, 2.75) is 26.0 Å². The number of hydrogen-bond donors (Lipinski definition) is 1. The zero-order chi connectivity index (χ0) is 27.8. The summed E-state index contributed by atoms with van der Waals surface area (Å²) in [7, 11) is 0. The van der Waals surface area contributed by atoms with Gasteiger partial charge in [-0.05, 0) is 29.7 Å². The average molecular weight is 541 g/mol. The van der Waals surface area contributed by atoms with Crippen molar-refractivity contribution in [1.82, 2.24) is 5.32 Å². The van der Waals surface area contributed by atoms with Crippen molar-refractivity contribution in [2.75, 3.05) is 11.4 Å². The van der Waals surface area contributed by atoms with E-state index in [0.29, 0.717) is 19.4 Å². The maximum Gasteiger partial charge on any atom is 0.328 e. The molecule has 3 aliphatic rings. The van der Waals surface area contributed by atoms with Gasteiger partial charge in [0, 0.05) is 30.3 Å². The molecule has 6 rings (SSSR count). The van der Waals surface area contributed by atoms with Crippen molar-refractivity contribution < 1.29 is 32.5 Å². The lowest BCUT2D eigenvalue weighted by Gasteiger charge is -2.28. The van der Waals surface area contributed by atoms with Crippen LogP contribution in [0.25, 0.3) is 0 Å². The third-order valence-corrected chi connectivity index (χ3v) is 7.18. The molecule has 0 fully saturated rings. The number of anilines is 1. The van der Waals surface area contributed by atoms with Gasteiger partial charge in [0.15, 0.2) is 17.5 Å². The molecule has 2 amide bonds. The molecule has 9 heteroatoms. The molecule has 3 heterocycles. The molecule has 200 valence electrons. The second kappa shape index (κ2) is 10.3. The Morgan fingerprint density at radius 3 is 2.55 bits per heavy atom. The van der Waals surface area contributed by atoms with Gasteiger partial charge in [0.25, 0.3) is 5.91 Å². The number of hydrogen-bond acceptors (Lipinski definition) is 4. The van der Waals surface area contributed by atoms with Crippen LogP contribution in [0, 0.1) is 11.6 Å². The van der Waals surface area contributed by atoms with Crippen LogP contribution >= 0.6 is 0 Å². The molecule has 7 nitrogen and oxygen atoms in total. The van der Waals surface area contributed by atoms with E-state index in [1.165, 1.54) is 12.3 Å². The minimum Gasteiger partial charge on any atom is -0.479 e. The Kier molecular flexibility index (Phi) is 6.55. The fourth-order valence-electron chi connectivity index (χ4n) is 5.12. The van der Waals surface area contributed by atoms with Gasteiger partial charge in [0.1, 0.15) is 24.8 Å². The first-order valence-electron chi connectivity index (χ1n) is 12.8. The largest absolute Gasteiger partial charge is 0.479 e. The SMILES string of the molecule is O=C(NCc1ccc(F)cc1F)C1=C[N+]2=C3CCc4ccccc4N(C3)C(=O)C2=C(OCc2ccccc2)C1=O. The fraction of sp³-hybridized carbons (Fsp3) is 0.161. The first kappa shape index (κ1) is 25.4. The topological polar surface area (TPSA) is 78.7 Å². The number of carbonyl (C=O) groups excluding carboxylic acids is 3. The lowest BCUT2D eigenvalue weighted by Crippen LogP contribution is -2.48. The van der Waals surface area contributed by atoms with Gasteiger partial charge in [-0.3, -0.25) is 19.3 Å². The van der Waals surface area contributed by atoms with Gasteiger partial charge in [-0.1, -0.05) is 54.6 Å². The van der Waals surface area contributed by atoms with Crippen molar-refractivity contribution in [2.24, 2.45) is 0 Å². The first-order chi connectivity index (χ1) is 19.4. The Labute approximate surface area is 228 Å². The first-order valence-corrected chi connectivity index (χ1v) is 12.8. The Morgan fingerprint density at radius 2 is 1.75 bits per heavy atom. The van der Waals surface area contributed by atoms with Gasteiger partial charge in [0.05, 0.1) is 0 Å². The number of ketones is 1. The standard InChI is InChI=1S/C31H23F2N3O4/c32-22-12-10-21(25(33)14-22)15-34-30(38)24-17-35-23-13-11-20-8-4-5-9-26(20)36(16-23)31(39)27(35)29(28(24)37)40-18-19-6-2-1-3-7-19/h1-10,12,14,17H,11,13,15-16,18H2/p+1. The van der Waals surface area contributed by atoms with E-state index in [2.05, 4.69) is 5.32 Å². The van der Waals surface area contributed by atoms with Crippen molar-refractivity contribution in [1.29, 1.82) is 0 Å². The lowest BCUT2D eigenvalue weighted by atomic mass is 10.0. The number of ether oxygens (including phenoxy) is 1. The molecular formula is C31H24F2N3O4+. The van der Waals surface area contributed by atoms with Gasteiger partial charge in [0.2, 0.25) is 11.5 Å². The van der Waals surface area contributed by atoms with Gasteiger partial charge < -0.3 is 10.1 Å². The Bertz CT molecular complexity index is 1660. The van der Waals surface area contributed by atoms with Crippen LogP contribution in [0.1, 0.15) is 23.1 Å². The number of carbonyl (C=O) groups is 3. The summed E-state index contributed by atoms with van der Waals surface area (Å²) < 4.78 is 35.0. The minimum atomic E-state index is -0.811. The normalized spacial score (nSPS) is 16.2. The molecule has 0 saturated carbocycles. The summed E-state index contributed by atoms with van der Waals surface area (Å²) in [5.74, 6) is -3.69. The Balaban J connectivity index is 1.38. The molecule has 0 aromatic heterocycles. The van der Waals surface area contributed by atoms with Gasteiger partial charge in [-0.2, -0.15) is 4.58 Å². The summed E-state index contributed by atoms with van der Waals surface area (Å²) in [5, 5.41) is 2.54. The molecule has 0 unspecified atom stereocenters. The average Bonchev–Trinajstić information content (AvgIpc) is 3.13. The summed E-state index contributed by atoms with van der Waals surface area (Å²) >= 11 is 0. The highest BCUT2D eigenvalue weighted by Crippen LogP contribution is 2.33. The highest BCUT2D eigenvalue weighted by molar-refractivity contribution is 6.27. The molecule has 0 spiro atoms. The summed E-state index contributed by atoms with van der Waals surface area (Å²) in [6.07, 6.45) is 2.63. The summed E-state index contributed by atoms with van der Waals surface area (Å²) in [6.45, 7) is 0.0464. The number of nitrogens with one attached hydrogen (secondary N) is 1. The molecule has 3 aromatic carbocycles. The number of halogens is 2. The van der Waals surface area contributed by atoms with E-state index in [-0.39, 0.29) is 35.7 Å². The maximum atomic E-state index is 14.1. The number of aryl methyl sites for hydroxylation is 1. The quantitative estimate of drug-likeness (QED) is 0.380. The van der Waals surface area contributed by atoms with Gasteiger partial charge >= 0.3 is 11.6 Å². The van der Waals surface area contributed by atoms with Crippen molar-refractivity contribution in [3.63, 3.8) is 0 Å². The fourth-order valence-corrected chi connectivity index (χ4v) is 5.12. The van der Waals surface area contributed by atoms with Gasteiger partial charge in [-0.15, -0.1) is 0 Å². The summed E-state index contributed by atoms with van der Waals surface area (Å²) in [6, 6.07) is 19.8. The van der Waals surface area contributed by atoms with Crippen LogP contribution in [-0.2, 0) is 38.7 Å².